The number of halogens is 1. The van der Waals surface area contributed by atoms with E-state index in [2.05, 4.69) is 17.6 Å². The Hall–Kier alpha value is -3.75. The second-order valence-electron chi connectivity index (χ2n) is 9.35. The number of nitrogens with one attached hydrogen (secondary N) is 2. The van der Waals surface area contributed by atoms with Gasteiger partial charge in [-0.3, -0.25) is 4.79 Å². The van der Waals surface area contributed by atoms with Gasteiger partial charge in [0.2, 0.25) is 11.1 Å². The number of nitrogens with zero attached hydrogens (tertiary/aromatic N) is 3. The van der Waals surface area contributed by atoms with Crippen LogP contribution in [0.4, 0.5) is 11.6 Å². The molecule has 9 heteroatoms. The third-order valence-electron chi connectivity index (χ3n) is 6.32. The lowest BCUT2D eigenvalue weighted by atomic mass is 9.94. The third-order valence-corrected chi connectivity index (χ3v) is 7.57. The molecule has 1 atom stereocenters. The maximum Gasteiger partial charge on any atom is 0.255 e. The van der Waals surface area contributed by atoms with E-state index >= 15 is 0 Å². The molecule has 0 radical (unpaired) electrons. The highest BCUT2D eigenvalue weighted by Gasteiger charge is 2.34. The van der Waals surface area contributed by atoms with E-state index in [4.69, 9.17) is 26.4 Å². The Labute approximate surface area is 237 Å². The van der Waals surface area contributed by atoms with Crippen molar-refractivity contribution >= 4 is 40.9 Å². The predicted molar refractivity (Wildman–Crippen MR) is 158 cm³/mol. The van der Waals surface area contributed by atoms with Crippen LogP contribution in [0.2, 0.25) is 5.02 Å². The maximum atomic E-state index is 13.8. The minimum absolute atomic E-state index is 0.207. The van der Waals surface area contributed by atoms with Crippen LogP contribution in [0, 0.1) is 6.92 Å². The zero-order chi connectivity index (χ0) is 27.4. The molecule has 2 N–H and O–H groups in total. The van der Waals surface area contributed by atoms with E-state index in [9.17, 15) is 4.79 Å². The van der Waals surface area contributed by atoms with Crippen molar-refractivity contribution in [1.29, 1.82) is 0 Å². The normalized spacial score (nSPS) is 14.5. The van der Waals surface area contributed by atoms with Crippen LogP contribution in [0.3, 0.4) is 0 Å². The van der Waals surface area contributed by atoms with E-state index in [0.29, 0.717) is 39.8 Å². The number of carbonyl (C=O) groups is 1. The van der Waals surface area contributed by atoms with Crippen molar-refractivity contribution in [2.24, 2.45) is 0 Å². The van der Waals surface area contributed by atoms with Gasteiger partial charge in [0.05, 0.1) is 12.2 Å². The highest BCUT2D eigenvalue weighted by Crippen LogP contribution is 2.38. The molecule has 5 rings (SSSR count). The molecule has 0 saturated heterocycles. The minimum Gasteiger partial charge on any atom is -0.494 e. The molecule has 39 heavy (non-hydrogen) atoms. The monoisotopic (exact) mass is 559 g/mol. The Morgan fingerprint density at radius 3 is 2.72 bits per heavy atom. The summed E-state index contributed by atoms with van der Waals surface area (Å²) in [5.41, 5.74) is 4.97. The van der Waals surface area contributed by atoms with Crippen molar-refractivity contribution in [3.8, 4) is 5.75 Å². The summed E-state index contributed by atoms with van der Waals surface area (Å²) in [6.45, 7) is 6.57. The molecule has 7 nitrogen and oxygen atoms in total. The highest BCUT2D eigenvalue weighted by molar-refractivity contribution is 7.98. The van der Waals surface area contributed by atoms with Crippen LogP contribution < -0.4 is 15.4 Å². The molecule has 1 aliphatic rings. The van der Waals surface area contributed by atoms with E-state index in [0.717, 1.165) is 34.5 Å². The van der Waals surface area contributed by atoms with E-state index in [1.165, 1.54) is 11.8 Å². The summed E-state index contributed by atoms with van der Waals surface area (Å²) in [5, 5.41) is 12.5. The number of hydrogen-bond acceptors (Lipinski definition) is 6. The van der Waals surface area contributed by atoms with Gasteiger partial charge in [0.25, 0.3) is 5.91 Å². The number of rotatable bonds is 9. The molecule has 1 amide bonds. The summed E-state index contributed by atoms with van der Waals surface area (Å²) in [6.07, 6.45) is 0.903. The van der Waals surface area contributed by atoms with E-state index in [1.807, 2.05) is 86.6 Å². The molecule has 0 saturated carbocycles. The van der Waals surface area contributed by atoms with Crippen LogP contribution in [-0.2, 0) is 10.5 Å². The van der Waals surface area contributed by atoms with Crippen molar-refractivity contribution < 1.29 is 9.53 Å². The molecule has 0 aliphatic carbocycles. The summed E-state index contributed by atoms with van der Waals surface area (Å²) < 4.78 is 7.70. The van der Waals surface area contributed by atoms with Crippen LogP contribution in [-0.4, -0.2) is 27.3 Å². The standard InChI is InChI=1S/C30H30ClN5O2S/c1-4-15-38-24-13-8-11-21(17-24)27-26(28(37)33-23-12-7-9-19(2)16-23)20(3)32-29-34-30(35-36(27)29)39-18-22-10-5-6-14-25(22)31/h5-14,16-17,27H,4,15,18H2,1-3H3,(H,33,37)(H,32,34,35). The quantitative estimate of drug-likeness (QED) is 0.210. The first-order valence-electron chi connectivity index (χ1n) is 12.8. The molecule has 0 bridgehead atoms. The van der Waals surface area contributed by atoms with Gasteiger partial charge >= 0.3 is 0 Å². The molecule has 4 aromatic rings. The van der Waals surface area contributed by atoms with Gasteiger partial charge in [-0.1, -0.05) is 72.8 Å². The first kappa shape index (κ1) is 26.8. The van der Waals surface area contributed by atoms with E-state index in [-0.39, 0.29) is 5.91 Å². The lowest BCUT2D eigenvalue weighted by Crippen LogP contribution is -2.31. The third kappa shape index (κ3) is 6.13. The summed E-state index contributed by atoms with van der Waals surface area (Å²) >= 11 is 7.86. The summed E-state index contributed by atoms with van der Waals surface area (Å²) in [7, 11) is 0. The Morgan fingerprint density at radius 2 is 1.92 bits per heavy atom. The number of amides is 1. The number of ether oxygens (including phenoxy) is 1. The largest absolute Gasteiger partial charge is 0.494 e. The summed E-state index contributed by atoms with van der Waals surface area (Å²) in [5.74, 6) is 1.74. The van der Waals surface area contributed by atoms with Gasteiger partial charge in [-0.2, -0.15) is 4.98 Å². The van der Waals surface area contributed by atoms with Gasteiger partial charge in [-0.25, -0.2) is 4.68 Å². The number of benzene rings is 3. The molecule has 0 spiro atoms. The fraction of sp³-hybridized carbons (Fsp3) is 0.233. The zero-order valence-corrected chi connectivity index (χ0v) is 23.6. The highest BCUT2D eigenvalue weighted by atomic mass is 35.5. The van der Waals surface area contributed by atoms with Crippen molar-refractivity contribution in [2.75, 3.05) is 17.2 Å². The number of hydrogen-bond donors (Lipinski definition) is 2. The van der Waals surface area contributed by atoms with E-state index < -0.39 is 6.04 Å². The molecule has 2 heterocycles. The maximum absolute atomic E-state index is 13.8. The van der Waals surface area contributed by atoms with Gasteiger partial charge in [0, 0.05) is 22.2 Å². The number of allylic oxidation sites excluding steroid dienone is 1. The van der Waals surface area contributed by atoms with Crippen LogP contribution >= 0.6 is 23.4 Å². The first-order chi connectivity index (χ1) is 18.9. The lowest BCUT2D eigenvalue weighted by molar-refractivity contribution is -0.113. The number of fused-ring (bicyclic) bond motifs is 1. The Kier molecular flexibility index (Phi) is 8.24. The van der Waals surface area contributed by atoms with E-state index in [1.54, 1.807) is 4.68 Å². The number of anilines is 2. The van der Waals surface area contributed by atoms with Gasteiger partial charge in [-0.05, 0) is 67.3 Å². The summed E-state index contributed by atoms with van der Waals surface area (Å²) in [6, 6.07) is 22.8. The molecule has 200 valence electrons. The van der Waals surface area contributed by atoms with Crippen LogP contribution in [0.1, 0.15) is 43.0 Å². The van der Waals surface area contributed by atoms with Crippen molar-refractivity contribution in [3.63, 3.8) is 0 Å². The van der Waals surface area contributed by atoms with Gasteiger partial charge in [0.1, 0.15) is 11.8 Å². The number of thioether (sulfide) groups is 1. The van der Waals surface area contributed by atoms with Crippen molar-refractivity contribution in [2.45, 2.75) is 44.1 Å². The average Bonchev–Trinajstić information content (AvgIpc) is 3.33. The number of carbonyl (C=O) groups excluding carboxylic acids is 1. The van der Waals surface area contributed by atoms with Gasteiger partial charge < -0.3 is 15.4 Å². The minimum atomic E-state index is -0.501. The van der Waals surface area contributed by atoms with Crippen LogP contribution in [0.25, 0.3) is 0 Å². The zero-order valence-electron chi connectivity index (χ0n) is 22.1. The summed E-state index contributed by atoms with van der Waals surface area (Å²) in [4.78, 5) is 18.5. The SMILES string of the molecule is CCCOc1cccc(C2C(C(=O)Nc3cccc(C)c3)=C(C)Nc3nc(SCc4ccccc4Cl)nn32)c1. The van der Waals surface area contributed by atoms with Crippen LogP contribution in [0.15, 0.2) is 89.2 Å². The molecule has 3 aromatic carbocycles. The number of aromatic nitrogens is 3. The Morgan fingerprint density at radius 1 is 1.10 bits per heavy atom. The lowest BCUT2D eigenvalue weighted by Gasteiger charge is -2.29. The fourth-order valence-corrected chi connectivity index (χ4v) is 5.58. The Bertz CT molecular complexity index is 1530. The average molecular weight is 560 g/mol. The Balaban J connectivity index is 1.51. The van der Waals surface area contributed by atoms with Crippen molar-refractivity contribution in [1.82, 2.24) is 14.8 Å². The molecule has 0 fully saturated rings. The second kappa shape index (κ2) is 12.0. The molecule has 1 unspecified atom stereocenters. The molecular formula is C30H30ClN5O2S. The molecule has 1 aromatic heterocycles. The second-order valence-corrected chi connectivity index (χ2v) is 10.7. The van der Waals surface area contributed by atoms with Gasteiger partial charge in [0.15, 0.2) is 0 Å². The molecular weight excluding hydrogens is 530 g/mol. The topological polar surface area (TPSA) is 81.1 Å². The fourth-order valence-electron chi connectivity index (χ4n) is 4.47. The molecule has 1 aliphatic heterocycles. The van der Waals surface area contributed by atoms with Crippen molar-refractivity contribution in [3.05, 3.63) is 106 Å². The van der Waals surface area contributed by atoms with Gasteiger partial charge in [-0.15, -0.1) is 5.10 Å². The smallest absolute Gasteiger partial charge is 0.255 e. The van der Waals surface area contributed by atoms with Crippen LogP contribution in [0.5, 0.6) is 5.75 Å². The first-order valence-corrected chi connectivity index (χ1v) is 14.2. The number of aryl methyl sites for hydroxylation is 1. The predicted octanol–water partition coefficient (Wildman–Crippen LogP) is 7.25.